The van der Waals surface area contributed by atoms with Gasteiger partial charge in [-0.25, -0.2) is 0 Å². The van der Waals surface area contributed by atoms with Crippen LogP contribution in [0.15, 0.2) is 0 Å². The summed E-state index contributed by atoms with van der Waals surface area (Å²) in [6.45, 7) is 5.15. The molecular weight excluding hydrogens is 244 g/mol. The van der Waals surface area contributed by atoms with Crippen molar-refractivity contribution in [1.29, 1.82) is 0 Å². The molecule has 3 heteroatoms. The molecule has 2 heterocycles. The summed E-state index contributed by atoms with van der Waals surface area (Å²) in [4.78, 5) is 0. The molecule has 2 unspecified atom stereocenters. The van der Waals surface area contributed by atoms with Gasteiger partial charge in [0, 0.05) is 6.61 Å². The Kier molecular flexibility index (Phi) is 5.40. The summed E-state index contributed by atoms with van der Waals surface area (Å²) in [5.41, 5.74) is 0.205. The largest absolute Gasteiger partial charge is 0.393 e. The Morgan fingerprint density at radius 3 is 2.72 bits per heavy atom. The van der Waals surface area contributed by atoms with Crippen molar-refractivity contribution in [2.45, 2.75) is 64.1 Å². The van der Waals surface area contributed by atoms with Gasteiger partial charge in [-0.15, -0.1) is 0 Å². The number of rotatable bonds is 4. The summed E-state index contributed by atoms with van der Waals surface area (Å²) in [6.07, 6.45) is 6.93. The molecular formula is C15H28O2S. The minimum atomic E-state index is -0.120. The summed E-state index contributed by atoms with van der Waals surface area (Å²) in [7, 11) is 0. The van der Waals surface area contributed by atoms with E-state index in [-0.39, 0.29) is 11.7 Å². The van der Waals surface area contributed by atoms with Gasteiger partial charge in [0.25, 0.3) is 0 Å². The van der Waals surface area contributed by atoms with Crippen LogP contribution in [0.5, 0.6) is 0 Å². The average Bonchev–Trinajstić information content (AvgIpc) is 2.37. The predicted octanol–water partition coefficient (Wildman–Crippen LogP) is 3.48. The van der Waals surface area contributed by atoms with E-state index in [4.69, 9.17) is 4.74 Å². The lowest BCUT2D eigenvalue weighted by Crippen LogP contribution is -2.43. The molecule has 1 spiro atoms. The highest BCUT2D eigenvalue weighted by molar-refractivity contribution is 7.99. The Labute approximate surface area is 116 Å². The molecule has 0 aromatic heterocycles. The molecule has 0 aromatic carbocycles. The molecule has 0 bridgehead atoms. The number of aliphatic hydroxyl groups is 1. The van der Waals surface area contributed by atoms with E-state index >= 15 is 0 Å². The number of hydrogen-bond acceptors (Lipinski definition) is 3. The van der Waals surface area contributed by atoms with Crippen LogP contribution >= 0.6 is 11.8 Å². The molecule has 0 aromatic rings. The zero-order valence-corrected chi connectivity index (χ0v) is 12.7. The highest BCUT2D eigenvalue weighted by Crippen LogP contribution is 2.41. The first kappa shape index (κ1) is 14.7. The Balaban J connectivity index is 1.79. The standard InChI is InChI=1S/C15H28O2S/c1-12(2)14(16)4-3-13-5-8-17-15(11-13)6-9-18-10-7-15/h12-14,16H,3-11H2,1-2H3. The minimum Gasteiger partial charge on any atom is -0.393 e. The van der Waals surface area contributed by atoms with Crippen molar-refractivity contribution in [1.82, 2.24) is 0 Å². The molecule has 2 nitrogen and oxygen atoms in total. The summed E-state index contributed by atoms with van der Waals surface area (Å²) < 4.78 is 6.12. The SMILES string of the molecule is CC(C)C(O)CCC1CCOC2(CCSCC2)C1. The van der Waals surface area contributed by atoms with Crippen molar-refractivity contribution in [2.75, 3.05) is 18.1 Å². The fourth-order valence-electron chi connectivity index (χ4n) is 3.21. The third-order valence-electron chi connectivity index (χ3n) is 4.64. The van der Waals surface area contributed by atoms with E-state index < -0.39 is 0 Å². The maximum absolute atomic E-state index is 9.92. The van der Waals surface area contributed by atoms with E-state index in [0.29, 0.717) is 5.92 Å². The molecule has 1 N–H and O–H groups in total. The van der Waals surface area contributed by atoms with Gasteiger partial charge in [0.2, 0.25) is 0 Å². The third kappa shape index (κ3) is 3.88. The van der Waals surface area contributed by atoms with Crippen molar-refractivity contribution in [3.8, 4) is 0 Å². The van der Waals surface area contributed by atoms with Crippen LogP contribution in [0.3, 0.4) is 0 Å². The topological polar surface area (TPSA) is 29.5 Å². The highest BCUT2D eigenvalue weighted by Gasteiger charge is 2.38. The van der Waals surface area contributed by atoms with E-state index in [0.717, 1.165) is 18.9 Å². The van der Waals surface area contributed by atoms with E-state index in [1.807, 2.05) is 0 Å². The minimum absolute atomic E-state index is 0.120. The Bertz CT molecular complexity index is 243. The number of aliphatic hydroxyl groups excluding tert-OH is 1. The van der Waals surface area contributed by atoms with Crippen LogP contribution in [0.25, 0.3) is 0 Å². The summed E-state index contributed by atoms with van der Waals surface area (Å²) in [6, 6.07) is 0. The lowest BCUT2D eigenvalue weighted by atomic mass is 9.79. The van der Waals surface area contributed by atoms with Gasteiger partial charge in [-0.1, -0.05) is 13.8 Å². The fourth-order valence-corrected chi connectivity index (χ4v) is 4.44. The first-order chi connectivity index (χ1) is 8.61. The maximum atomic E-state index is 9.92. The number of thioether (sulfide) groups is 1. The molecule has 0 aliphatic carbocycles. The van der Waals surface area contributed by atoms with Gasteiger partial charge in [0.1, 0.15) is 0 Å². The van der Waals surface area contributed by atoms with E-state index in [1.54, 1.807) is 0 Å². The Morgan fingerprint density at radius 2 is 2.06 bits per heavy atom. The summed E-state index contributed by atoms with van der Waals surface area (Å²) >= 11 is 2.07. The van der Waals surface area contributed by atoms with Crippen LogP contribution in [-0.4, -0.2) is 34.9 Å². The smallest absolute Gasteiger partial charge is 0.0700 e. The lowest BCUT2D eigenvalue weighted by molar-refractivity contribution is -0.104. The molecule has 2 aliphatic rings. The molecule has 2 aliphatic heterocycles. The van der Waals surface area contributed by atoms with Gasteiger partial charge in [-0.2, -0.15) is 11.8 Å². The van der Waals surface area contributed by atoms with Crippen LogP contribution in [0.2, 0.25) is 0 Å². The van der Waals surface area contributed by atoms with E-state index in [2.05, 4.69) is 25.6 Å². The van der Waals surface area contributed by atoms with Crippen LogP contribution in [0.4, 0.5) is 0 Å². The zero-order chi connectivity index (χ0) is 13.0. The van der Waals surface area contributed by atoms with Crippen molar-refractivity contribution in [2.24, 2.45) is 11.8 Å². The molecule has 0 radical (unpaired) electrons. The molecule has 2 atom stereocenters. The molecule has 2 rings (SSSR count). The first-order valence-electron chi connectivity index (χ1n) is 7.51. The number of ether oxygens (including phenoxy) is 1. The molecule has 0 amide bonds. The monoisotopic (exact) mass is 272 g/mol. The summed E-state index contributed by atoms with van der Waals surface area (Å²) in [5.74, 6) is 3.70. The van der Waals surface area contributed by atoms with Crippen molar-refractivity contribution in [3.05, 3.63) is 0 Å². The van der Waals surface area contributed by atoms with Gasteiger partial charge in [-0.3, -0.25) is 0 Å². The Hall–Kier alpha value is 0.270. The van der Waals surface area contributed by atoms with Crippen LogP contribution < -0.4 is 0 Å². The highest BCUT2D eigenvalue weighted by atomic mass is 32.2. The van der Waals surface area contributed by atoms with Gasteiger partial charge in [0.05, 0.1) is 11.7 Å². The quantitative estimate of drug-likeness (QED) is 0.849. The average molecular weight is 272 g/mol. The fraction of sp³-hybridized carbons (Fsp3) is 1.00. The second-order valence-electron chi connectivity index (χ2n) is 6.39. The van der Waals surface area contributed by atoms with Gasteiger partial charge < -0.3 is 9.84 Å². The van der Waals surface area contributed by atoms with Crippen LogP contribution in [-0.2, 0) is 4.74 Å². The molecule has 2 saturated heterocycles. The van der Waals surface area contributed by atoms with Gasteiger partial charge in [-0.05, 0) is 61.9 Å². The molecule has 2 fully saturated rings. The Morgan fingerprint density at radius 1 is 1.33 bits per heavy atom. The van der Waals surface area contributed by atoms with E-state index in [1.165, 1.54) is 43.6 Å². The van der Waals surface area contributed by atoms with Gasteiger partial charge in [0.15, 0.2) is 0 Å². The second-order valence-corrected chi connectivity index (χ2v) is 7.62. The second kappa shape index (κ2) is 6.62. The van der Waals surface area contributed by atoms with Crippen molar-refractivity contribution in [3.63, 3.8) is 0 Å². The lowest BCUT2D eigenvalue weighted by Gasteiger charge is -2.43. The van der Waals surface area contributed by atoms with Crippen LogP contribution in [0.1, 0.15) is 52.4 Å². The predicted molar refractivity (Wildman–Crippen MR) is 78.0 cm³/mol. The molecule has 18 heavy (non-hydrogen) atoms. The molecule has 106 valence electrons. The summed E-state index contributed by atoms with van der Waals surface area (Å²) in [5, 5.41) is 9.92. The third-order valence-corrected chi connectivity index (χ3v) is 5.62. The van der Waals surface area contributed by atoms with Crippen LogP contribution in [0, 0.1) is 11.8 Å². The maximum Gasteiger partial charge on any atom is 0.0700 e. The van der Waals surface area contributed by atoms with Crippen molar-refractivity contribution >= 4 is 11.8 Å². The normalized spacial score (nSPS) is 29.7. The molecule has 0 saturated carbocycles. The number of hydrogen-bond donors (Lipinski definition) is 1. The van der Waals surface area contributed by atoms with Gasteiger partial charge >= 0.3 is 0 Å². The van der Waals surface area contributed by atoms with Crippen molar-refractivity contribution < 1.29 is 9.84 Å². The zero-order valence-electron chi connectivity index (χ0n) is 11.9. The van der Waals surface area contributed by atoms with E-state index in [9.17, 15) is 5.11 Å². The first-order valence-corrected chi connectivity index (χ1v) is 8.66.